The maximum atomic E-state index is 13.4. The van der Waals surface area contributed by atoms with Gasteiger partial charge in [-0.1, -0.05) is 23.8 Å². The molecule has 0 spiro atoms. The van der Waals surface area contributed by atoms with Crippen molar-refractivity contribution in [2.75, 3.05) is 4.90 Å². The van der Waals surface area contributed by atoms with Crippen LogP contribution >= 0.6 is 0 Å². The molecule has 1 saturated heterocycles. The Balaban J connectivity index is 1.97. The summed E-state index contributed by atoms with van der Waals surface area (Å²) in [6.45, 7) is 3.70. The van der Waals surface area contributed by atoms with Gasteiger partial charge >= 0.3 is 0 Å². The molecule has 3 aromatic rings. The fourth-order valence-corrected chi connectivity index (χ4v) is 3.69. The summed E-state index contributed by atoms with van der Waals surface area (Å²) in [7, 11) is 0. The summed E-state index contributed by atoms with van der Waals surface area (Å²) in [6.07, 6.45) is 3.13. The van der Waals surface area contributed by atoms with E-state index in [4.69, 9.17) is 0 Å². The van der Waals surface area contributed by atoms with E-state index in [1.807, 2.05) is 26.0 Å². The number of aryl methyl sites for hydroxylation is 2. The third-order valence-electron chi connectivity index (χ3n) is 5.20. The minimum Gasteiger partial charge on any atom is -0.507 e. The Bertz CT molecular complexity index is 1170. The minimum absolute atomic E-state index is 0.0222. The molecule has 0 saturated carbocycles. The van der Waals surface area contributed by atoms with Gasteiger partial charge in [0.25, 0.3) is 11.7 Å². The van der Waals surface area contributed by atoms with Crippen LogP contribution in [0.2, 0.25) is 0 Å². The van der Waals surface area contributed by atoms with Crippen molar-refractivity contribution in [2.24, 2.45) is 0 Å². The molecule has 1 amide bonds. The molecule has 0 radical (unpaired) electrons. The van der Waals surface area contributed by atoms with Crippen LogP contribution in [0.1, 0.15) is 28.3 Å². The third kappa shape index (κ3) is 3.26. The smallest absolute Gasteiger partial charge is 0.300 e. The van der Waals surface area contributed by atoms with Gasteiger partial charge in [-0.15, -0.1) is 0 Å². The Labute approximate surface area is 173 Å². The van der Waals surface area contributed by atoms with Crippen molar-refractivity contribution in [3.8, 4) is 0 Å². The fraction of sp³-hybridized carbons (Fsp3) is 0.125. The molecule has 2 heterocycles. The molecule has 0 bridgehead atoms. The number of nitrogens with zero attached hydrogens (tertiary/aromatic N) is 2. The molecule has 0 aliphatic carbocycles. The van der Waals surface area contributed by atoms with Crippen molar-refractivity contribution < 1.29 is 19.1 Å². The second kappa shape index (κ2) is 7.55. The normalized spacial score (nSPS) is 18.1. The van der Waals surface area contributed by atoms with E-state index in [0.29, 0.717) is 16.8 Å². The standard InChI is InChI=1S/C24H19FN2O3/c1-14-5-6-15(2)19(12-14)22(28)20-21(16-4-3-11-26-13-16)27(24(30)23(20)29)18-9-7-17(25)8-10-18/h3-13,21,28H,1-2H3/b22-20+. The zero-order valence-electron chi connectivity index (χ0n) is 16.5. The first-order valence-electron chi connectivity index (χ1n) is 9.42. The lowest BCUT2D eigenvalue weighted by Gasteiger charge is -2.25. The molecule has 5 nitrogen and oxygen atoms in total. The lowest BCUT2D eigenvalue weighted by atomic mass is 9.94. The van der Waals surface area contributed by atoms with Gasteiger partial charge in [0.2, 0.25) is 0 Å². The van der Waals surface area contributed by atoms with Crippen LogP contribution < -0.4 is 4.90 Å². The molecule has 4 rings (SSSR count). The molecular weight excluding hydrogens is 383 g/mol. The lowest BCUT2D eigenvalue weighted by Crippen LogP contribution is -2.29. The van der Waals surface area contributed by atoms with E-state index < -0.39 is 23.5 Å². The first kappa shape index (κ1) is 19.5. The molecule has 1 aliphatic heterocycles. The van der Waals surface area contributed by atoms with Crippen LogP contribution in [0.15, 0.2) is 72.6 Å². The first-order chi connectivity index (χ1) is 14.4. The van der Waals surface area contributed by atoms with Crippen molar-refractivity contribution in [1.29, 1.82) is 0 Å². The van der Waals surface area contributed by atoms with Gasteiger partial charge in [0.05, 0.1) is 11.6 Å². The molecule has 1 N–H and O–H groups in total. The maximum Gasteiger partial charge on any atom is 0.300 e. The molecule has 150 valence electrons. The van der Waals surface area contributed by atoms with E-state index in [0.717, 1.165) is 11.1 Å². The summed E-state index contributed by atoms with van der Waals surface area (Å²) in [5, 5.41) is 11.2. The number of halogens is 1. The third-order valence-corrected chi connectivity index (χ3v) is 5.20. The SMILES string of the molecule is Cc1ccc(C)c(/C(O)=C2\C(=O)C(=O)N(c3ccc(F)cc3)C2c2cccnc2)c1. The molecule has 1 atom stereocenters. The van der Waals surface area contributed by atoms with Crippen LogP contribution in [-0.4, -0.2) is 21.8 Å². The summed E-state index contributed by atoms with van der Waals surface area (Å²) in [6, 6.07) is 13.4. The largest absolute Gasteiger partial charge is 0.507 e. The van der Waals surface area contributed by atoms with Crippen molar-refractivity contribution in [3.05, 3.63) is 101 Å². The molecule has 1 unspecified atom stereocenters. The number of rotatable bonds is 3. The van der Waals surface area contributed by atoms with E-state index in [2.05, 4.69) is 4.98 Å². The number of ketones is 1. The summed E-state index contributed by atoms with van der Waals surface area (Å²) < 4.78 is 13.4. The van der Waals surface area contributed by atoms with Gasteiger partial charge in [0.15, 0.2) is 0 Å². The number of pyridine rings is 1. The average molecular weight is 402 g/mol. The highest BCUT2D eigenvalue weighted by atomic mass is 19.1. The monoisotopic (exact) mass is 402 g/mol. The van der Waals surface area contributed by atoms with Gasteiger partial charge in [-0.05, 0) is 61.4 Å². The number of anilines is 1. The van der Waals surface area contributed by atoms with Crippen LogP contribution in [0, 0.1) is 19.7 Å². The topological polar surface area (TPSA) is 70.5 Å². The highest BCUT2D eigenvalue weighted by molar-refractivity contribution is 6.51. The van der Waals surface area contributed by atoms with Gasteiger partial charge in [-0.2, -0.15) is 0 Å². The summed E-state index contributed by atoms with van der Waals surface area (Å²) in [5.41, 5.74) is 3.07. The van der Waals surface area contributed by atoms with Gasteiger partial charge in [-0.3, -0.25) is 19.5 Å². The zero-order valence-corrected chi connectivity index (χ0v) is 16.5. The van der Waals surface area contributed by atoms with E-state index in [9.17, 15) is 19.1 Å². The molecule has 1 aliphatic rings. The molecular formula is C24H19FN2O3. The molecule has 1 fully saturated rings. The first-order valence-corrected chi connectivity index (χ1v) is 9.42. The highest BCUT2D eigenvalue weighted by Crippen LogP contribution is 2.42. The van der Waals surface area contributed by atoms with Crippen molar-refractivity contribution in [2.45, 2.75) is 19.9 Å². The van der Waals surface area contributed by atoms with Gasteiger partial charge < -0.3 is 5.11 Å². The quantitative estimate of drug-likeness (QED) is 0.399. The van der Waals surface area contributed by atoms with Crippen LogP contribution in [0.4, 0.5) is 10.1 Å². The molecule has 1 aromatic heterocycles. The lowest BCUT2D eigenvalue weighted by molar-refractivity contribution is -0.132. The fourth-order valence-electron chi connectivity index (χ4n) is 3.69. The number of hydrogen-bond acceptors (Lipinski definition) is 4. The minimum atomic E-state index is -0.885. The Morgan fingerprint density at radius 3 is 2.47 bits per heavy atom. The second-order valence-electron chi connectivity index (χ2n) is 7.25. The van der Waals surface area contributed by atoms with Gasteiger partial charge in [0, 0.05) is 23.6 Å². The van der Waals surface area contributed by atoms with E-state index in [-0.39, 0.29) is 11.3 Å². The van der Waals surface area contributed by atoms with Crippen molar-refractivity contribution in [3.63, 3.8) is 0 Å². The zero-order chi connectivity index (χ0) is 21.4. The molecule has 30 heavy (non-hydrogen) atoms. The van der Waals surface area contributed by atoms with Crippen LogP contribution in [0.25, 0.3) is 5.76 Å². The second-order valence-corrected chi connectivity index (χ2v) is 7.25. The van der Waals surface area contributed by atoms with Crippen molar-refractivity contribution >= 4 is 23.1 Å². The Hall–Kier alpha value is -3.80. The number of carbonyl (C=O) groups is 2. The number of aliphatic hydroxyl groups excluding tert-OH is 1. The predicted molar refractivity (Wildman–Crippen MR) is 111 cm³/mol. The summed E-state index contributed by atoms with van der Waals surface area (Å²) >= 11 is 0. The Kier molecular flexibility index (Phi) is 4.91. The number of aromatic nitrogens is 1. The predicted octanol–water partition coefficient (Wildman–Crippen LogP) is 4.46. The number of carbonyl (C=O) groups excluding carboxylic acids is 2. The molecule has 2 aromatic carbocycles. The number of hydrogen-bond donors (Lipinski definition) is 1. The average Bonchev–Trinajstić information content (AvgIpc) is 3.01. The number of benzene rings is 2. The summed E-state index contributed by atoms with van der Waals surface area (Å²) in [4.78, 5) is 31.4. The number of amides is 1. The Morgan fingerprint density at radius 1 is 1.07 bits per heavy atom. The van der Waals surface area contributed by atoms with Gasteiger partial charge in [0.1, 0.15) is 11.6 Å². The van der Waals surface area contributed by atoms with Crippen LogP contribution in [0.5, 0.6) is 0 Å². The Morgan fingerprint density at radius 2 is 1.80 bits per heavy atom. The highest BCUT2D eigenvalue weighted by Gasteiger charge is 2.47. The summed E-state index contributed by atoms with van der Waals surface area (Å²) in [5.74, 6) is -2.29. The van der Waals surface area contributed by atoms with E-state index in [1.165, 1.54) is 29.2 Å². The van der Waals surface area contributed by atoms with E-state index in [1.54, 1.807) is 30.6 Å². The number of Topliss-reactive ketones (excluding diaryl/α,β-unsaturated/α-hetero) is 1. The molecule has 6 heteroatoms. The maximum absolute atomic E-state index is 13.4. The van der Waals surface area contributed by atoms with Crippen LogP contribution in [0.3, 0.4) is 0 Å². The number of aliphatic hydroxyl groups is 1. The van der Waals surface area contributed by atoms with Gasteiger partial charge in [-0.25, -0.2) is 4.39 Å². The van der Waals surface area contributed by atoms with Crippen LogP contribution in [-0.2, 0) is 9.59 Å². The van der Waals surface area contributed by atoms with Crippen molar-refractivity contribution in [1.82, 2.24) is 4.98 Å². The van der Waals surface area contributed by atoms with E-state index >= 15 is 0 Å².